The van der Waals surface area contributed by atoms with Crippen LogP contribution >= 0.6 is 0 Å². The average Bonchev–Trinajstić information content (AvgIpc) is 1.61. The lowest BCUT2D eigenvalue weighted by Gasteiger charge is -1.92. The Morgan fingerprint density at radius 1 is 1.86 bits per heavy atom. The molecule has 0 aromatic carbocycles. The number of hydrogen-bond acceptors (Lipinski definition) is 3. The number of nitrogens with zero attached hydrogens (tertiary/aromatic N) is 1. The van der Waals surface area contributed by atoms with Crippen molar-refractivity contribution in [3.8, 4) is 0 Å². The van der Waals surface area contributed by atoms with Crippen LogP contribution in [0.5, 0.6) is 0 Å². The lowest BCUT2D eigenvalue weighted by atomic mass is 10.3. The summed E-state index contributed by atoms with van der Waals surface area (Å²) in [5, 5.41) is 18.9. The van der Waals surface area contributed by atoms with E-state index in [1.165, 1.54) is 6.21 Å². The largest absolute Gasteiger partial charge is 0.411 e. The number of aliphatic hydroxyl groups is 1. The molecule has 0 bridgehead atoms. The molecule has 0 fully saturated rings. The first-order valence-corrected chi connectivity index (χ1v) is 2.11. The van der Waals surface area contributed by atoms with Gasteiger partial charge in [0.05, 0.1) is 6.10 Å². The van der Waals surface area contributed by atoms with Gasteiger partial charge in [0, 0.05) is 12.6 Å². The number of hydrogen-bond donors (Lipinski definition) is 2. The highest BCUT2D eigenvalue weighted by atomic mass is 16.4. The smallest absolute Gasteiger partial charge is 0.0562 e. The summed E-state index contributed by atoms with van der Waals surface area (Å²) < 4.78 is 0. The van der Waals surface area contributed by atoms with E-state index < -0.39 is 6.10 Å². The summed E-state index contributed by atoms with van der Waals surface area (Å²) in [7, 11) is 0. The van der Waals surface area contributed by atoms with Crippen molar-refractivity contribution in [2.24, 2.45) is 5.16 Å². The maximum atomic E-state index is 8.48. The van der Waals surface area contributed by atoms with E-state index in [0.29, 0.717) is 6.42 Å². The van der Waals surface area contributed by atoms with Gasteiger partial charge in [-0.25, -0.2) is 0 Å². The molecule has 0 aliphatic carbocycles. The minimum absolute atomic E-state index is 0.407. The van der Waals surface area contributed by atoms with Crippen molar-refractivity contribution in [3.05, 3.63) is 0 Å². The zero-order chi connectivity index (χ0) is 5.70. The van der Waals surface area contributed by atoms with Crippen LogP contribution in [-0.2, 0) is 0 Å². The van der Waals surface area contributed by atoms with Gasteiger partial charge in [-0.2, -0.15) is 0 Å². The van der Waals surface area contributed by atoms with E-state index in [9.17, 15) is 0 Å². The highest BCUT2D eigenvalue weighted by Crippen LogP contribution is 1.81. The monoisotopic (exact) mass is 103 g/mol. The standard InChI is InChI=1S/C4H9NO2/c1-4(6)2-3-5-7/h3-4,6-7H,2H2,1H3/b5-3+. The average molecular weight is 103 g/mol. The summed E-state index contributed by atoms with van der Waals surface area (Å²) in [6.07, 6.45) is 1.26. The molecule has 0 saturated carbocycles. The molecule has 0 heterocycles. The van der Waals surface area contributed by atoms with Crippen LogP contribution < -0.4 is 0 Å². The zero-order valence-electron chi connectivity index (χ0n) is 4.20. The molecular weight excluding hydrogens is 94.0 g/mol. The molecule has 0 aromatic rings. The van der Waals surface area contributed by atoms with Gasteiger partial charge in [-0.05, 0) is 6.92 Å². The second-order valence-corrected chi connectivity index (χ2v) is 1.38. The minimum atomic E-state index is -0.407. The Hall–Kier alpha value is -0.570. The van der Waals surface area contributed by atoms with E-state index in [0.717, 1.165) is 0 Å². The number of aliphatic hydroxyl groups excluding tert-OH is 1. The molecule has 0 aromatic heterocycles. The lowest BCUT2D eigenvalue weighted by molar-refractivity contribution is 0.202. The van der Waals surface area contributed by atoms with Gasteiger partial charge < -0.3 is 10.3 Å². The molecular formula is C4H9NO2. The number of rotatable bonds is 2. The van der Waals surface area contributed by atoms with Gasteiger partial charge in [-0.15, -0.1) is 5.16 Å². The van der Waals surface area contributed by atoms with E-state index in [1.807, 2.05) is 0 Å². The van der Waals surface area contributed by atoms with Crippen LogP contribution in [0.25, 0.3) is 0 Å². The van der Waals surface area contributed by atoms with E-state index in [-0.39, 0.29) is 0 Å². The summed E-state index contributed by atoms with van der Waals surface area (Å²) in [5.41, 5.74) is 0. The van der Waals surface area contributed by atoms with Crippen LogP contribution in [0.2, 0.25) is 0 Å². The van der Waals surface area contributed by atoms with Crippen molar-refractivity contribution in [2.75, 3.05) is 0 Å². The summed E-state index contributed by atoms with van der Waals surface area (Å²) in [4.78, 5) is 0. The third-order valence-electron chi connectivity index (χ3n) is 0.528. The molecule has 0 rings (SSSR count). The highest BCUT2D eigenvalue weighted by Gasteiger charge is 1.87. The van der Waals surface area contributed by atoms with Crippen molar-refractivity contribution < 1.29 is 10.3 Å². The maximum Gasteiger partial charge on any atom is 0.0562 e. The van der Waals surface area contributed by atoms with Crippen LogP contribution in [0.1, 0.15) is 13.3 Å². The fourth-order valence-corrected chi connectivity index (χ4v) is 0.200. The first-order chi connectivity index (χ1) is 3.27. The summed E-state index contributed by atoms with van der Waals surface area (Å²) in [6, 6.07) is 0. The van der Waals surface area contributed by atoms with Crippen LogP contribution in [-0.4, -0.2) is 22.6 Å². The van der Waals surface area contributed by atoms with Crippen molar-refractivity contribution >= 4 is 6.21 Å². The number of oxime groups is 1. The summed E-state index contributed by atoms with van der Waals surface area (Å²) >= 11 is 0. The Kier molecular flexibility index (Phi) is 3.32. The van der Waals surface area contributed by atoms with Crippen LogP contribution in [0.3, 0.4) is 0 Å². The van der Waals surface area contributed by atoms with E-state index in [1.54, 1.807) is 6.92 Å². The zero-order valence-corrected chi connectivity index (χ0v) is 4.20. The SMILES string of the molecule is CC(O)C/C=N/O. The van der Waals surface area contributed by atoms with Crippen molar-refractivity contribution in [1.82, 2.24) is 0 Å². The normalized spacial score (nSPS) is 15.1. The Morgan fingerprint density at radius 2 is 2.43 bits per heavy atom. The fraction of sp³-hybridized carbons (Fsp3) is 0.750. The van der Waals surface area contributed by atoms with E-state index in [2.05, 4.69) is 5.16 Å². The van der Waals surface area contributed by atoms with Crippen LogP contribution in [0, 0.1) is 0 Å². The molecule has 1 unspecified atom stereocenters. The van der Waals surface area contributed by atoms with Crippen molar-refractivity contribution in [2.45, 2.75) is 19.4 Å². The Bertz CT molecular complexity index is 60.7. The van der Waals surface area contributed by atoms with Crippen LogP contribution in [0.15, 0.2) is 5.16 Å². The Labute approximate surface area is 42.3 Å². The van der Waals surface area contributed by atoms with Gasteiger partial charge in [-0.3, -0.25) is 0 Å². The van der Waals surface area contributed by atoms with Gasteiger partial charge in [0.15, 0.2) is 0 Å². The molecule has 0 aliphatic rings. The molecule has 0 saturated heterocycles. The third kappa shape index (κ3) is 5.43. The molecule has 42 valence electrons. The van der Waals surface area contributed by atoms with Gasteiger partial charge in [0.2, 0.25) is 0 Å². The fourth-order valence-electron chi connectivity index (χ4n) is 0.200. The van der Waals surface area contributed by atoms with E-state index in [4.69, 9.17) is 10.3 Å². The molecule has 3 heteroatoms. The first-order valence-electron chi connectivity index (χ1n) is 2.11. The molecule has 1 atom stereocenters. The quantitative estimate of drug-likeness (QED) is 0.298. The highest BCUT2D eigenvalue weighted by molar-refractivity contribution is 5.56. The van der Waals surface area contributed by atoms with Crippen LogP contribution in [0.4, 0.5) is 0 Å². The third-order valence-corrected chi connectivity index (χ3v) is 0.528. The molecule has 0 amide bonds. The lowest BCUT2D eigenvalue weighted by Crippen LogP contribution is -1.98. The molecule has 0 aliphatic heterocycles. The molecule has 2 N–H and O–H groups in total. The Balaban J connectivity index is 2.97. The summed E-state index contributed by atoms with van der Waals surface area (Å²) in [6.45, 7) is 1.63. The van der Waals surface area contributed by atoms with Crippen molar-refractivity contribution in [3.63, 3.8) is 0 Å². The molecule has 7 heavy (non-hydrogen) atoms. The molecule has 3 nitrogen and oxygen atoms in total. The summed E-state index contributed by atoms with van der Waals surface area (Å²) in [5.74, 6) is 0. The second-order valence-electron chi connectivity index (χ2n) is 1.38. The van der Waals surface area contributed by atoms with E-state index >= 15 is 0 Å². The molecule has 0 spiro atoms. The predicted octanol–water partition coefficient (Wildman–Crippen LogP) is 0.217. The van der Waals surface area contributed by atoms with Gasteiger partial charge >= 0.3 is 0 Å². The van der Waals surface area contributed by atoms with Gasteiger partial charge in [-0.1, -0.05) is 0 Å². The van der Waals surface area contributed by atoms with Crippen molar-refractivity contribution in [1.29, 1.82) is 0 Å². The topological polar surface area (TPSA) is 52.8 Å². The predicted molar refractivity (Wildman–Crippen MR) is 26.6 cm³/mol. The second kappa shape index (κ2) is 3.61. The Morgan fingerprint density at radius 3 is 2.57 bits per heavy atom. The first kappa shape index (κ1) is 6.43. The maximum absolute atomic E-state index is 8.48. The van der Waals surface area contributed by atoms with Gasteiger partial charge in [0.25, 0.3) is 0 Å². The minimum Gasteiger partial charge on any atom is -0.411 e. The molecule has 0 radical (unpaired) electrons. The van der Waals surface area contributed by atoms with Gasteiger partial charge in [0.1, 0.15) is 0 Å².